The zero-order valence-electron chi connectivity index (χ0n) is 19.7. The fourth-order valence-corrected chi connectivity index (χ4v) is 3.78. The maximum atomic E-state index is 13.0. The molecule has 4 aromatic rings. The Balaban J connectivity index is 1.43. The molecule has 0 radical (unpaired) electrons. The number of ether oxygens (including phenoxy) is 1. The monoisotopic (exact) mass is 517 g/mol. The van der Waals surface area contributed by atoms with Crippen LogP contribution in [0.25, 0.3) is 0 Å². The minimum atomic E-state index is -4.43. The Hall–Kier alpha value is -3.72. The van der Waals surface area contributed by atoms with Crippen LogP contribution in [0.2, 0.25) is 5.02 Å². The molecule has 1 N–H and O–H groups in total. The number of amides is 1. The van der Waals surface area contributed by atoms with Crippen LogP contribution in [0.15, 0.2) is 59.0 Å². The number of aryl methyl sites for hydroxylation is 2. The van der Waals surface area contributed by atoms with E-state index < -0.39 is 17.6 Å². The zero-order chi connectivity index (χ0) is 26.0. The molecular formula is C26H23ClF3N3O3. The Labute approximate surface area is 210 Å². The van der Waals surface area contributed by atoms with Crippen LogP contribution < -0.4 is 10.1 Å². The number of rotatable bonds is 7. The number of nitrogens with zero attached hydrogens (tertiary/aromatic N) is 2. The summed E-state index contributed by atoms with van der Waals surface area (Å²) in [4.78, 5) is 12.8. The third kappa shape index (κ3) is 5.73. The van der Waals surface area contributed by atoms with Crippen LogP contribution in [0.1, 0.15) is 44.4 Å². The number of aromatic nitrogens is 2. The average molecular weight is 518 g/mol. The summed E-state index contributed by atoms with van der Waals surface area (Å²) in [5.41, 5.74) is 2.21. The van der Waals surface area contributed by atoms with Crippen molar-refractivity contribution in [3.05, 3.63) is 99.2 Å². The van der Waals surface area contributed by atoms with Crippen molar-refractivity contribution in [1.29, 1.82) is 0 Å². The number of alkyl halides is 3. The number of hydrogen-bond acceptors (Lipinski definition) is 4. The standard InChI is InChI=1S/C26H23ClF3N3O3/c1-15-11-20(7-9-22(15)27)35-14-21-8-10-23(36-21)25(34)31-24-16(2)32-33(17(24)3)13-18-5-4-6-19(12-18)26(28,29)30/h4-12H,13-14H2,1-3H3,(H,31,34). The van der Waals surface area contributed by atoms with E-state index in [0.29, 0.717) is 39.2 Å². The SMILES string of the molecule is Cc1cc(OCc2ccc(C(=O)Nc3c(C)nn(Cc4cccc(C(F)(F)F)c4)c3C)o2)ccc1Cl. The number of nitrogens with one attached hydrogen (secondary N) is 1. The zero-order valence-corrected chi connectivity index (χ0v) is 20.5. The Bertz CT molecular complexity index is 1410. The number of hydrogen-bond donors (Lipinski definition) is 1. The van der Waals surface area contributed by atoms with E-state index in [1.165, 1.54) is 6.07 Å². The largest absolute Gasteiger partial charge is 0.486 e. The highest BCUT2D eigenvalue weighted by Gasteiger charge is 2.30. The van der Waals surface area contributed by atoms with Gasteiger partial charge in [0.1, 0.15) is 18.1 Å². The summed E-state index contributed by atoms with van der Waals surface area (Å²) >= 11 is 6.02. The first-order chi connectivity index (χ1) is 17.0. The minimum Gasteiger partial charge on any atom is -0.486 e. The molecule has 0 aliphatic carbocycles. The second kappa shape index (κ2) is 10.1. The third-order valence-electron chi connectivity index (χ3n) is 5.60. The van der Waals surface area contributed by atoms with E-state index in [2.05, 4.69) is 10.4 Å². The maximum absolute atomic E-state index is 13.0. The topological polar surface area (TPSA) is 69.3 Å². The molecule has 6 nitrogen and oxygen atoms in total. The van der Waals surface area contributed by atoms with Crippen molar-refractivity contribution in [2.45, 2.75) is 40.1 Å². The van der Waals surface area contributed by atoms with Gasteiger partial charge in [0.05, 0.1) is 29.2 Å². The van der Waals surface area contributed by atoms with Gasteiger partial charge in [-0.2, -0.15) is 18.3 Å². The van der Waals surface area contributed by atoms with Crippen molar-refractivity contribution in [3.8, 4) is 5.75 Å². The van der Waals surface area contributed by atoms with Crippen LogP contribution in [0.4, 0.5) is 18.9 Å². The summed E-state index contributed by atoms with van der Waals surface area (Å²) in [6, 6.07) is 13.6. The second-order valence-electron chi connectivity index (χ2n) is 8.32. The lowest BCUT2D eigenvalue weighted by molar-refractivity contribution is -0.137. The third-order valence-corrected chi connectivity index (χ3v) is 6.03. The van der Waals surface area contributed by atoms with Gasteiger partial charge < -0.3 is 14.5 Å². The van der Waals surface area contributed by atoms with E-state index in [-0.39, 0.29) is 18.9 Å². The van der Waals surface area contributed by atoms with Crippen molar-refractivity contribution in [2.75, 3.05) is 5.32 Å². The fraction of sp³-hybridized carbons (Fsp3) is 0.231. The molecule has 188 valence electrons. The number of furan rings is 1. The molecule has 2 aromatic carbocycles. The number of benzene rings is 2. The molecule has 0 atom stereocenters. The maximum Gasteiger partial charge on any atom is 0.416 e. The molecule has 0 aliphatic heterocycles. The molecule has 2 aromatic heterocycles. The lowest BCUT2D eigenvalue weighted by Crippen LogP contribution is -2.13. The van der Waals surface area contributed by atoms with Gasteiger partial charge >= 0.3 is 6.18 Å². The lowest BCUT2D eigenvalue weighted by atomic mass is 10.1. The summed E-state index contributed by atoms with van der Waals surface area (Å²) in [6.07, 6.45) is -4.43. The average Bonchev–Trinajstić information content (AvgIpc) is 3.40. The number of carbonyl (C=O) groups excluding carboxylic acids is 1. The molecule has 10 heteroatoms. The van der Waals surface area contributed by atoms with Crippen LogP contribution in [0.3, 0.4) is 0 Å². The van der Waals surface area contributed by atoms with E-state index in [0.717, 1.165) is 17.7 Å². The number of halogens is 4. The van der Waals surface area contributed by atoms with Crippen molar-refractivity contribution in [2.24, 2.45) is 0 Å². The van der Waals surface area contributed by atoms with Gasteiger partial charge in [0.25, 0.3) is 5.91 Å². The van der Waals surface area contributed by atoms with Crippen LogP contribution >= 0.6 is 11.6 Å². The van der Waals surface area contributed by atoms with Gasteiger partial charge in [-0.05, 0) is 74.4 Å². The first-order valence-electron chi connectivity index (χ1n) is 11.0. The van der Waals surface area contributed by atoms with Gasteiger partial charge in [-0.3, -0.25) is 9.48 Å². The Morgan fingerprint density at radius 1 is 1.11 bits per heavy atom. The van der Waals surface area contributed by atoms with Gasteiger partial charge in [0.2, 0.25) is 0 Å². The normalized spacial score (nSPS) is 11.5. The van der Waals surface area contributed by atoms with Gasteiger partial charge in [0, 0.05) is 5.02 Å². The molecule has 0 unspecified atom stereocenters. The Morgan fingerprint density at radius 2 is 1.89 bits per heavy atom. The predicted molar refractivity (Wildman–Crippen MR) is 129 cm³/mol. The summed E-state index contributed by atoms with van der Waals surface area (Å²) in [5.74, 6) is 0.693. The van der Waals surface area contributed by atoms with Crippen LogP contribution in [-0.2, 0) is 19.3 Å². The summed E-state index contributed by atoms with van der Waals surface area (Å²) < 4.78 is 52.0. The van der Waals surface area contributed by atoms with Crippen molar-refractivity contribution in [1.82, 2.24) is 9.78 Å². The lowest BCUT2D eigenvalue weighted by Gasteiger charge is -2.10. The molecule has 0 fully saturated rings. The van der Waals surface area contributed by atoms with E-state index in [1.807, 2.05) is 13.0 Å². The number of carbonyl (C=O) groups is 1. The summed E-state index contributed by atoms with van der Waals surface area (Å²) in [6.45, 7) is 5.57. The highest BCUT2D eigenvalue weighted by atomic mass is 35.5. The fourth-order valence-electron chi connectivity index (χ4n) is 3.66. The molecular weight excluding hydrogens is 495 g/mol. The number of anilines is 1. The predicted octanol–water partition coefficient (Wildman–Crippen LogP) is 6.95. The van der Waals surface area contributed by atoms with Crippen molar-refractivity contribution in [3.63, 3.8) is 0 Å². The van der Waals surface area contributed by atoms with Gasteiger partial charge in [0.15, 0.2) is 5.76 Å². The molecule has 36 heavy (non-hydrogen) atoms. The first-order valence-corrected chi connectivity index (χ1v) is 11.4. The molecule has 0 bridgehead atoms. The van der Waals surface area contributed by atoms with E-state index in [4.69, 9.17) is 20.8 Å². The second-order valence-corrected chi connectivity index (χ2v) is 8.73. The molecule has 4 rings (SSSR count). The van der Waals surface area contributed by atoms with E-state index in [1.54, 1.807) is 48.9 Å². The summed E-state index contributed by atoms with van der Waals surface area (Å²) in [7, 11) is 0. The van der Waals surface area contributed by atoms with Crippen molar-refractivity contribution >= 4 is 23.2 Å². The molecule has 1 amide bonds. The first kappa shape index (κ1) is 25.4. The highest BCUT2D eigenvalue weighted by Crippen LogP contribution is 2.30. The van der Waals surface area contributed by atoms with Crippen molar-refractivity contribution < 1.29 is 27.1 Å². The quantitative estimate of drug-likeness (QED) is 0.288. The molecule has 0 spiro atoms. The van der Waals surface area contributed by atoms with Crippen LogP contribution in [0, 0.1) is 20.8 Å². The Kier molecular flexibility index (Phi) is 7.12. The van der Waals surface area contributed by atoms with Gasteiger partial charge in [-0.25, -0.2) is 0 Å². The Morgan fingerprint density at radius 3 is 2.61 bits per heavy atom. The van der Waals surface area contributed by atoms with Crippen LogP contribution in [-0.4, -0.2) is 15.7 Å². The smallest absolute Gasteiger partial charge is 0.416 e. The molecule has 2 heterocycles. The van der Waals surface area contributed by atoms with E-state index >= 15 is 0 Å². The van der Waals surface area contributed by atoms with Gasteiger partial charge in [-0.1, -0.05) is 23.7 Å². The highest BCUT2D eigenvalue weighted by molar-refractivity contribution is 6.31. The van der Waals surface area contributed by atoms with E-state index in [9.17, 15) is 18.0 Å². The minimum absolute atomic E-state index is 0.0883. The molecule has 0 saturated heterocycles. The van der Waals surface area contributed by atoms with Gasteiger partial charge in [-0.15, -0.1) is 0 Å². The van der Waals surface area contributed by atoms with Crippen LogP contribution in [0.5, 0.6) is 5.75 Å². The molecule has 0 saturated carbocycles. The molecule has 0 aliphatic rings. The summed E-state index contributed by atoms with van der Waals surface area (Å²) in [5, 5.41) is 7.81.